The smallest absolute Gasteiger partial charge is 0.0621 e. The van der Waals surface area contributed by atoms with Crippen LogP contribution in [-0.2, 0) is 4.74 Å². The van der Waals surface area contributed by atoms with Gasteiger partial charge in [-0.15, -0.1) is 0 Å². The lowest BCUT2D eigenvalue weighted by Gasteiger charge is -2.49. The van der Waals surface area contributed by atoms with Gasteiger partial charge in [-0.3, -0.25) is 0 Å². The maximum Gasteiger partial charge on any atom is 0.0621 e. The van der Waals surface area contributed by atoms with Gasteiger partial charge in [0.2, 0.25) is 0 Å². The van der Waals surface area contributed by atoms with Gasteiger partial charge < -0.3 is 15.2 Å². The molecule has 2 N–H and O–H groups in total. The number of aliphatic hydroxyl groups excluding tert-OH is 1. The van der Waals surface area contributed by atoms with E-state index >= 15 is 0 Å². The van der Waals surface area contributed by atoms with Gasteiger partial charge >= 0.3 is 0 Å². The van der Waals surface area contributed by atoms with Crippen LogP contribution in [-0.4, -0.2) is 37.0 Å². The second-order valence-electron chi connectivity index (χ2n) is 5.60. The van der Waals surface area contributed by atoms with Crippen molar-refractivity contribution in [1.82, 2.24) is 5.32 Å². The summed E-state index contributed by atoms with van der Waals surface area (Å²) in [5, 5.41) is 13.0. The van der Waals surface area contributed by atoms with E-state index in [1.165, 1.54) is 12.8 Å². The molecule has 3 heteroatoms. The van der Waals surface area contributed by atoms with Gasteiger partial charge in [0.25, 0.3) is 0 Å². The summed E-state index contributed by atoms with van der Waals surface area (Å²) in [6, 6.07) is 0.456. The first-order valence-electron chi connectivity index (χ1n) is 6.10. The standard InChI is InChI=1S/C12H23NO2/c1-12(2)10(7-11(12)14)13-5-6-15-8-9-3-4-9/h9-11,13-14H,3-8H2,1-2H3. The zero-order valence-electron chi connectivity index (χ0n) is 9.83. The lowest BCUT2D eigenvalue weighted by molar-refractivity contribution is -0.0738. The van der Waals surface area contributed by atoms with Crippen LogP contribution in [0.2, 0.25) is 0 Å². The van der Waals surface area contributed by atoms with E-state index in [0.717, 1.165) is 32.1 Å². The summed E-state index contributed by atoms with van der Waals surface area (Å²) in [5.74, 6) is 0.854. The summed E-state index contributed by atoms with van der Waals surface area (Å²) in [6.07, 6.45) is 3.46. The van der Waals surface area contributed by atoms with Crippen LogP contribution >= 0.6 is 0 Å². The van der Waals surface area contributed by atoms with Gasteiger partial charge in [0, 0.05) is 24.6 Å². The van der Waals surface area contributed by atoms with E-state index in [1.807, 2.05) is 0 Å². The molecule has 2 aliphatic carbocycles. The van der Waals surface area contributed by atoms with Crippen molar-refractivity contribution < 1.29 is 9.84 Å². The van der Waals surface area contributed by atoms with Gasteiger partial charge in [-0.25, -0.2) is 0 Å². The minimum absolute atomic E-state index is 0.0382. The Morgan fingerprint density at radius 3 is 2.67 bits per heavy atom. The molecular formula is C12H23NO2. The van der Waals surface area contributed by atoms with Crippen LogP contribution in [0.25, 0.3) is 0 Å². The molecule has 2 saturated carbocycles. The van der Waals surface area contributed by atoms with Crippen LogP contribution in [0, 0.1) is 11.3 Å². The molecule has 0 amide bonds. The average molecular weight is 213 g/mol. The Kier molecular flexibility index (Phi) is 3.33. The van der Waals surface area contributed by atoms with Crippen molar-refractivity contribution >= 4 is 0 Å². The number of aliphatic hydroxyl groups is 1. The van der Waals surface area contributed by atoms with E-state index in [0.29, 0.717) is 6.04 Å². The van der Waals surface area contributed by atoms with Crippen LogP contribution < -0.4 is 5.32 Å². The second kappa shape index (κ2) is 4.40. The molecule has 0 bridgehead atoms. The molecular weight excluding hydrogens is 190 g/mol. The van der Waals surface area contributed by atoms with Gasteiger partial charge in [-0.1, -0.05) is 13.8 Å². The highest BCUT2D eigenvalue weighted by Gasteiger charge is 2.46. The lowest BCUT2D eigenvalue weighted by Crippen LogP contribution is -2.60. The van der Waals surface area contributed by atoms with E-state index in [4.69, 9.17) is 4.74 Å². The summed E-state index contributed by atoms with van der Waals surface area (Å²) >= 11 is 0. The first-order valence-corrected chi connectivity index (χ1v) is 6.10. The molecule has 0 heterocycles. The van der Waals surface area contributed by atoms with Crippen LogP contribution in [0.5, 0.6) is 0 Å². The largest absolute Gasteiger partial charge is 0.392 e. The molecule has 0 radical (unpaired) electrons. The molecule has 2 atom stereocenters. The van der Waals surface area contributed by atoms with Gasteiger partial charge in [0.1, 0.15) is 0 Å². The van der Waals surface area contributed by atoms with Gasteiger partial charge in [-0.05, 0) is 25.2 Å². The summed E-state index contributed by atoms with van der Waals surface area (Å²) in [6.45, 7) is 6.89. The van der Waals surface area contributed by atoms with E-state index in [9.17, 15) is 5.11 Å². The molecule has 0 aliphatic heterocycles. The predicted molar refractivity (Wildman–Crippen MR) is 59.7 cm³/mol. The van der Waals surface area contributed by atoms with Crippen molar-refractivity contribution in [1.29, 1.82) is 0 Å². The van der Waals surface area contributed by atoms with E-state index in [2.05, 4.69) is 19.2 Å². The monoisotopic (exact) mass is 213 g/mol. The van der Waals surface area contributed by atoms with E-state index < -0.39 is 0 Å². The lowest BCUT2D eigenvalue weighted by atomic mass is 9.64. The van der Waals surface area contributed by atoms with E-state index in [-0.39, 0.29) is 11.5 Å². The topological polar surface area (TPSA) is 41.5 Å². The van der Waals surface area contributed by atoms with Crippen LogP contribution in [0.15, 0.2) is 0 Å². The highest BCUT2D eigenvalue weighted by atomic mass is 16.5. The van der Waals surface area contributed by atoms with Crippen molar-refractivity contribution in [3.8, 4) is 0 Å². The van der Waals surface area contributed by atoms with Crippen LogP contribution in [0.1, 0.15) is 33.1 Å². The third kappa shape index (κ3) is 2.71. The SMILES string of the molecule is CC1(C)C(O)CC1NCCOCC1CC1. The van der Waals surface area contributed by atoms with Crippen LogP contribution in [0.3, 0.4) is 0 Å². The minimum Gasteiger partial charge on any atom is -0.392 e. The zero-order chi connectivity index (χ0) is 10.9. The van der Waals surface area contributed by atoms with Crippen molar-refractivity contribution in [2.45, 2.75) is 45.3 Å². The Morgan fingerprint density at radius 2 is 2.13 bits per heavy atom. The average Bonchev–Trinajstić information content (AvgIpc) is 2.99. The molecule has 0 aromatic heterocycles. The summed E-state index contributed by atoms with van der Waals surface area (Å²) < 4.78 is 5.55. The van der Waals surface area contributed by atoms with Crippen LogP contribution in [0.4, 0.5) is 0 Å². The van der Waals surface area contributed by atoms with Crippen molar-refractivity contribution in [3.63, 3.8) is 0 Å². The Bertz CT molecular complexity index is 214. The Hall–Kier alpha value is -0.120. The fourth-order valence-electron chi connectivity index (χ4n) is 2.09. The van der Waals surface area contributed by atoms with Gasteiger partial charge in [-0.2, -0.15) is 0 Å². The van der Waals surface area contributed by atoms with Crippen molar-refractivity contribution in [2.24, 2.45) is 11.3 Å². The third-order valence-corrected chi connectivity index (χ3v) is 3.90. The Balaban J connectivity index is 1.50. The minimum atomic E-state index is -0.137. The molecule has 0 aromatic rings. The highest BCUT2D eigenvalue weighted by molar-refractivity contribution is 5.01. The quantitative estimate of drug-likeness (QED) is 0.651. The normalized spacial score (nSPS) is 33.8. The summed E-state index contributed by atoms with van der Waals surface area (Å²) in [5.41, 5.74) is 0.0382. The second-order valence-corrected chi connectivity index (χ2v) is 5.60. The first-order chi connectivity index (χ1) is 7.10. The molecule has 0 saturated heterocycles. The summed E-state index contributed by atoms with van der Waals surface area (Å²) in [7, 11) is 0. The fourth-order valence-corrected chi connectivity index (χ4v) is 2.09. The fraction of sp³-hybridized carbons (Fsp3) is 1.00. The Morgan fingerprint density at radius 1 is 1.40 bits per heavy atom. The molecule has 2 unspecified atom stereocenters. The molecule has 0 spiro atoms. The Labute approximate surface area is 92.2 Å². The number of ether oxygens (including phenoxy) is 1. The molecule has 3 nitrogen and oxygen atoms in total. The predicted octanol–water partition coefficient (Wildman–Crippen LogP) is 1.16. The van der Waals surface area contributed by atoms with Crippen molar-refractivity contribution in [3.05, 3.63) is 0 Å². The molecule has 2 aliphatic rings. The number of rotatable bonds is 6. The zero-order valence-corrected chi connectivity index (χ0v) is 9.83. The molecule has 2 rings (SSSR count). The van der Waals surface area contributed by atoms with Crippen molar-refractivity contribution in [2.75, 3.05) is 19.8 Å². The highest BCUT2D eigenvalue weighted by Crippen LogP contribution is 2.40. The third-order valence-electron chi connectivity index (χ3n) is 3.90. The maximum atomic E-state index is 9.56. The first kappa shape index (κ1) is 11.4. The number of nitrogens with one attached hydrogen (secondary N) is 1. The van der Waals surface area contributed by atoms with E-state index in [1.54, 1.807) is 0 Å². The number of hydrogen-bond donors (Lipinski definition) is 2. The molecule has 2 fully saturated rings. The molecule has 15 heavy (non-hydrogen) atoms. The summed E-state index contributed by atoms with van der Waals surface area (Å²) in [4.78, 5) is 0. The maximum absolute atomic E-state index is 9.56. The molecule has 88 valence electrons. The van der Waals surface area contributed by atoms with Gasteiger partial charge in [0.15, 0.2) is 0 Å². The molecule has 0 aromatic carbocycles. The number of hydrogen-bond acceptors (Lipinski definition) is 3. The van der Waals surface area contributed by atoms with Gasteiger partial charge in [0.05, 0.1) is 12.7 Å².